The number of nitrogens with one attached hydrogen (secondary N) is 1. The fourth-order valence-electron chi connectivity index (χ4n) is 2.01. The van der Waals surface area contributed by atoms with Crippen molar-refractivity contribution in [1.29, 1.82) is 0 Å². The molecule has 2 aromatic carbocycles. The van der Waals surface area contributed by atoms with Crippen LogP contribution in [0.3, 0.4) is 0 Å². The summed E-state index contributed by atoms with van der Waals surface area (Å²) in [5.41, 5.74) is 1.69. The molecule has 1 N–H and O–H groups in total. The van der Waals surface area contributed by atoms with Crippen LogP contribution in [-0.2, 0) is 10.0 Å². The van der Waals surface area contributed by atoms with E-state index in [1.165, 1.54) is 0 Å². The monoisotopic (exact) mass is 316 g/mol. The lowest BCUT2D eigenvalue weighted by Gasteiger charge is -2.08. The van der Waals surface area contributed by atoms with E-state index in [1.807, 2.05) is 30.3 Å². The van der Waals surface area contributed by atoms with Gasteiger partial charge < -0.3 is 0 Å². The minimum absolute atomic E-state index is 0.210. The quantitative estimate of drug-likeness (QED) is 0.627. The molecule has 0 aliphatic heterocycles. The zero-order chi connectivity index (χ0) is 15.8. The highest BCUT2D eigenvalue weighted by atomic mass is 32.2. The third kappa shape index (κ3) is 4.43. The lowest BCUT2D eigenvalue weighted by atomic mass is 10.1. The minimum atomic E-state index is -3.63. The molecule has 116 valence electrons. The molecule has 0 amide bonds. The van der Waals surface area contributed by atoms with Gasteiger partial charge in [0.1, 0.15) is 0 Å². The van der Waals surface area contributed by atoms with Crippen LogP contribution in [0.5, 0.6) is 0 Å². The topological polar surface area (TPSA) is 58.5 Å². The predicted molar refractivity (Wildman–Crippen MR) is 89.3 cm³/mol. The zero-order valence-electron chi connectivity index (χ0n) is 12.6. The molecule has 0 aliphatic rings. The summed E-state index contributed by atoms with van der Waals surface area (Å²) in [5.74, 6) is 0. The van der Waals surface area contributed by atoms with Crippen LogP contribution in [0.4, 0.5) is 0 Å². The fraction of sp³-hybridized carbons (Fsp3) is 0.235. The number of hydrazone groups is 1. The number of hydrogen-bond acceptors (Lipinski definition) is 3. The number of benzene rings is 2. The first kappa shape index (κ1) is 16.2. The van der Waals surface area contributed by atoms with Gasteiger partial charge in [-0.05, 0) is 30.5 Å². The van der Waals surface area contributed by atoms with Crippen molar-refractivity contribution in [2.75, 3.05) is 0 Å². The molecule has 0 fully saturated rings. The lowest BCUT2D eigenvalue weighted by Crippen LogP contribution is -2.20. The molecule has 0 spiro atoms. The summed E-state index contributed by atoms with van der Waals surface area (Å²) >= 11 is 0. The van der Waals surface area contributed by atoms with E-state index in [0.29, 0.717) is 0 Å². The van der Waals surface area contributed by atoms with Crippen LogP contribution in [0.1, 0.15) is 31.7 Å². The molecule has 0 unspecified atom stereocenters. The van der Waals surface area contributed by atoms with Gasteiger partial charge in [-0.1, -0.05) is 61.9 Å². The van der Waals surface area contributed by atoms with Crippen molar-refractivity contribution in [3.63, 3.8) is 0 Å². The van der Waals surface area contributed by atoms with Crippen LogP contribution >= 0.6 is 0 Å². The molecule has 0 saturated heterocycles. The molecular weight excluding hydrogens is 296 g/mol. The van der Waals surface area contributed by atoms with Gasteiger partial charge in [-0.15, -0.1) is 0 Å². The lowest BCUT2D eigenvalue weighted by molar-refractivity contribution is 0.584. The number of nitrogens with zero attached hydrogens (tertiary/aromatic N) is 1. The van der Waals surface area contributed by atoms with E-state index in [-0.39, 0.29) is 4.90 Å². The average Bonchev–Trinajstić information content (AvgIpc) is 2.56. The number of rotatable bonds is 7. The third-order valence-electron chi connectivity index (χ3n) is 3.23. The number of unbranched alkanes of at least 4 members (excludes halogenated alkanes) is 1. The molecule has 2 rings (SSSR count). The van der Waals surface area contributed by atoms with Crippen LogP contribution in [0, 0.1) is 0 Å². The Morgan fingerprint density at radius 2 is 1.59 bits per heavy atom. The van der Waals surface area contributed by atoms with Gasteiger partial charge in [0.05, 0.1) is 10.6 Å². The van der Waals surface area contributed by atoms with Crippen LogP contribution in [-0.4, -0.2) is 14.1 Å². The Morgan fingerprint density at radius 3 is 2.18 bits per heavy atom. The van der Waals surface area contributed by atoms with Crippen molar-refractivity contribution in [2.45, 2.75) is 31.1 Å². The SMILES string of the molecule is CCCC/C(=N\NS(=O)(=O)c1ccccc1)c1ccccc1. The van der Waals surface area contributed by atoms with Gasteiger partial charge in [0.25, 0.3) is 10.0 Å². The smallest absolute Gasteiger partial charge is 0.200 e. The Morgan fingerprint density at radius 1 is 1.00 bits per heavy atom. The summed E-state index contributed by atoms with van der Waals surface area (Å²) in [5, 5.41) is 4.16. The van der Waals surface area contributed by atoms with Gasteiger partial charge >= 0.3 is 0 Å². The van der Waals surface area contributed by atoms with E-state index in [1.54, 1.807) is 30.3 Å². The summed E-state index contributed by atoms with van der Waals surface area (Å²) in [6.07, 6.45) is 2.72. The minimum Gasteiger partial charge on any atom is -0.200 e. The summed E-state index contributed by atoms with van der Waals surface area (Å²) in [6.45, 7) is 2.09. The van der Waals surface area contributed by atoms with Crippen molar-refractivity contribution in [3.05, 3.63) is 66.2 Å². The van der Waals surface area contributed by atoms with Gasteiger partial charge in [0.2, 0.25) is 0 Å². The van der Waals surface area contributed by atoms with Crippen molar-refractivity contribution in [3.8, 4) is 0 Å². The molecule has 0 saturated carbocycles. The third-order valence-corrected chi connectivity index (χ3v) is 4.45. The Kier molecular flexibility index (Phi) is 5.72. The van der Waals surface area contributed by atoms with Gasteiger partial charge in [-0.2, -0.15) is 18.4 Å². The Labute approximate surface area is 131 Å². The molecule has 0 radical (unpaired) electrons. The largest absolute Gasteiger partial charge is 0.276 e. The molecule has 0 bridgehead atoms. The molecule has 0 atom stereocenters. The van der Waals surface area contributed by atoms with E-state index in [9.17, 15) is 8.42 Å². The highest BCUT2D eigenvalue weighted by Crippen LogP contribution is 2.10. The molecule has 0 heterocycles. The van der Waals surface area contributed by atoms with Gasteiger partial charge in [0, 0.05) is 0 Å². The van der Waals surface area contributed by atoms with Gasteiger partial charge in [-0.3, -0.25) is 0 Å². The van der Waals surface area contributed by atoms with Crippen molar-refractivity contribution < 1.29 is 8.42 Å². The van der Waals surface area contributed by atoms with E-state index in [0.717, 1.165) is 30.5 Å². The van der Waals surface area contributed by atoms with Crippen LogP contribution < -0.4 is 4.83 Å². The first-order chi connectivity index (χ1) is 10.6. The first-order valence-electron chi connectivity index (χ1n) is 7.32. The Bertz CT molecular complexity index is 711. The van der Waals surface area contributed by atoms with Crippen LogP contribution in [0.25, 0.3) is 0 Å². The molecule has 22 heavy (non-hydrogen) atoms. The van der Waals surface area contributed by atoms with Gasteiger partial charge in [-0.25, -0.2) is 0 Å². The molecule has 4 nitrogen and oxygen atoms in total. The molecule has 2 aromatic rings. The van der Waals surface area contributed by atoms with E-state index in [4.69, 9.17) is 0 Å². The van der Waals surface area contributed by atoms with Crippen LogP contribution in [0.2, 0.25) is 0 Å². The van der Waals surface area contributed by atoms with Crippen molar-refractivity contribution in [1.82, 2.24) is 4.83 Å². The molecule has 0 aromatic heterocycles. The van der Waals surface area contributed by atoms with Crippen molar-refractivity contribution >= 4 is 15.7 Å². The molecule has 5 heteroatoms. The number of hydrogen-bond donors (Lipinski definition) is 1. The molecule has 0 aliphatic carbocycles. The Hall–Kier alpha value is -2.14. The Balaban J connectivity index is 2.23. The standard InChI is InChI=1S/C17H20N2O2S/c1-2-3-14-17(15-10-6-4-7-11-15)18-19-22(20,21)16-12-8-5-9-13-16/h4-13,19H,2-3,14H2,1H3/b18-17+. The maximum Gasteiger partial charge on any atom is 0.276 e. The zero-order valence-corrected chi connectivity index (χ0v) is 13.4. The first-order valence-corrected chi connectivity index (χ1v) is 8.80. The summed E-state index contributed by atoms with van der Waals surface area (Å²) in [6, 6.07) is 17.9. The highest BCUT2D eigenvalue weighted by molar-refractivity contribution is 7.89. The van der Waals surface area contributed by atoms with E-state index in [2.05, 4.69) is 16.9 Å². The van der Waals surface area contributed by atoms with E-state index < -0.39 is 10.0 Å². The normalized spacial score (nSPS) is 12.1. The van der Waals surface area contributed by atoms with Crippen molar-refractivity contribution in [2.24, 2.45) is 5.10 Å². The maximum absolute atomic E-state index is 12.2. The van der Waals surface area contributed by atoms with E-state index >= 15 is 0 Å². The summed E-state index contributed by atoms with van der Waals surface area (Å²) < 4.78 is 24.4. The second kappa shape index (κ2) is 7.75. The van der Waals surface area contributed by atoms with Crippen LogP contribution in [0.15, 0.2) is 70.7 Å². The highest BCUT2D eigenvalue weighted by Gasteiger charge is 2.12. The maximum atomic E-state index is 12.2. The average molecular weight is 316 g/mol. The summed E-state index contributed by atoms with van der Waals surface area (Å²) in [7, 11) is -3.63. The summed E-state index contributed by atoms with van der Waals surface area (Å²) in [4.78, 5) is 2.55. The van der Waals surface area contributed by atoms with Gasteiger partial charge in [0.15, 0.2) is 0 Å². The fourth-order valence-corrected chi connectivity index (χ4v) is 2.86. The second-order valence-corrected chi connectivity index (χ2v) is 6.60. The number of sulfonamides is 1. The molecular formula is C17H20N2O2S. The second-order valence-electron chi connectivity index (χ2n) is 4.94. The predicted octanol–water partition coefficient (Wildman–Crippen LogP) is 3.56.